The van der Waals surface area contributed by atoms with Crippen LogP contribution in [0.4, 0.5) is 5.82 Å². The quantitative estimate of drug-likeness (QED) is 0.820. The molecule has 1 unspecified atom stereocenters. The van der Waals surface area contributed by atoms with Gasteiger partial charge in [-0.2, -0.15) is 5.26 Å². The number of halogens is 2. The minimum atomic E-state index is -0.325. The van der Waals surface area contributed by atoms with Crippen molar-refractivity contribution in [3.63, 3.8) is 0 Å². The molecular formula is C15H9Cl2N3OS. The first kappa shape index (κ1) is 15.2. The van der Waals surface area contributed by atoms with E-state index in [1.165, 1.54) is 18.0 Å². The summed E-state index contributed by atoms with van der Waals surface area (Å²) in [4.78, 5) is 18.0. The standard InChI is InChI=1S/C15H9Cl2N3OS/c16-10-2-1-3-11(17)14(10)15-20(13(21)8-22-15)12-5-4-9(6-18)7-19-12/h1-5,7,15H,8H2. The van der Waals surface area contributed by atoms with Gasteiger partial charge in [-0.15, -0.1) is 11.8 Å². The van der Waals surface area contributed by atoms with Crippen molar-refractivity contribution in [1.82, 2.24) is 4.98 Å². The van der Waals surface area contributed by atoms with Gasteiger partial charge >= 0.3 is 0 Å². The Morgan fingerprint density at radius 3 is 2.59 bits per heavy atom. The van der Waals surface area contributed by atoms with Gasteiger partial charge in [0, 0.05) is 21.8 Å². The summed E-state index contributed by atoms with van der Waals surface area (Å²) in [6, 6.07) is 10.5. The average Bonchev–Trinajstić information content (AvgIpc) is 2.89. The van der Waals surface area contributed by atoms with Crippen molar-refractivity contribution in [2.24, 2.45) is 0 Å². The SMILES string of the molecule is N#Cc1ccc(N2C(=O)CSC2c2c(Cl)cccc2Cl)nc1. The fourth-order valence-corrected chi connectivity index (χ4v) is 4.20. The molecular weight excluding hydrogens is 341 g/mol. The molecule has 0 radical (unpaired) electrons. The van der Waals surface area contributed by atoms with Crippen LogP contribution in [0.2, 0.25) is 10.0 Å². The predicted octanol–water partition coefficient (Wildman–Crippen LogP) is 4.04. The molecule has 0 saturated carbocycles. The highest BCUT2D eigenvalue weighted by Crippen LogP contribution is 2.45. The lowest BCUT2D eigenvalue weighted by Crippen LogP contribution is -2.29. The normalized spacial score (nSPS) is 17.6. The molecule has 1 fully saturated rings. The smallest absolute Gasteiger partial charge is 0.239 e. The summed E-state index contributed by atoms with van der Waals surface area (Å²) in [5, 5.41) is 9.54. The number of carbonyl (C=O) groups is 1. The first-order chi connectivity index (χ1) is 10.6. The summed E-state index contributed by atoms with van der Waals surface area (Å²) in [7, 11) is 0. The Kier molecular flexibility index (Phi) is 4.25. The maximum atomic E-state index is 12.2. The molecule has 1 aliphatic heterocycles. The molecule has 0 spiro atoms. The molecule has 2 aromatic rings. The molecule has 0 bridgehead atoms. The Morgan fingerprint density at radius 1 is 1.27 bits per heavy atom. The monoisotopic (exact) mass is 349 g/mol. The van der Waals surface area contributed by atoms with E-state index in [9.17, 15) is 4.79 Å². The molecule has 7 heteroatoms. The van der Waals surface area contributed by atoms with Gasteiger partial charge in [0.15, 0.2) is 0 Å². The van der Waals surface area contributed by atoms with Crippen molar-refractivity contribution < 1.29 is 4.79 Å². The number of aromatic nitrogens is 1. The molecule has 1 aliphatic rings. The maximum Gasteiger partial charge on any atom is 0.239 e. The largest absolute Gasteiger partial charge is 0.279 e. The van der Waals surface area contributed by atoms with Crippen LogP contribution in [0.3, 0.4) is 0 Å². The highest BCUT2D eigenvalue weighted by atomic mass is 35.5. The number of benzene rings is 1. The van der Waals surface area contributed by atoms with Gasteiger partial charge in [0.25, 0.3) is 0 Å². The average molecular weight is 350 g/mol. The number of pyridine rings is 1. The van der Waals surface area contributed by atoms with Gasteiger partial charge in [-0.1, -0.05) is 29.3 Å². The molecule has 0 N–H and O–H groups in total. The van der Waals surface area contributed by atoms with Crippen molar-refractivity contribution in [2.75, 3.05) is 10.7 Å². The Morgan fingerprint density at radius 2 is 2.00 bits per heavy atom. The number of thioether (sulfide) groups is 1. The van der Waals surface area contributed by atoms with Crippen LogP contribution in [-0.4, -0.2) is 16.6 Å². The summed E-state index contributed by atoms with van der Waals surface area (Å²) in [5.74, 6) is 0.742. The lowest BCUT2D eigenvalue weighted by molar-refractivity contribution is -0.115. The van der Waals surface area contributed by atoms with Gasteiger partial charge in [0.2, 0.25) is 5.91 Å². The molecule has 1 saturated heterocycles. The predicted molar refractivity (Wildman–Crippen MR) is 88.1 cm³/mol. The van der Waals surface area contributed by atoms with Crippen LogP contribution in [0, 0.1) is 11.3 Å². The van der Waals surface area contributed by atoms with Gasteiger partial charge in [0.05, 0.1) is 11.3 Å². The van der Waals surface area contributed by atoms with Crippen molar-refractivity contribution in [1.29, 1.82) is 5.26 Å². The Hall–Kier alpha value is -1.74. The third-order valence-corrected chi connectivity index (χ3v) is 5.07. The van der Waals surface area contributed by atoms with Gasteiger partial charge in [-0.3, -0.25) is 9.69 Å². The Labute approximate surface area is 141 Å². The van der Waals surface area contributed by atoms with E-state index in [0.29, 0.717) is 32.7 Å². The summed E-state index contributed by atoms with van der Waals surface area (Å²) in [6.45, 7) is 0. The van der Waals surface area contributed by atoms with Gasteiger partial charge in [-0.25, -0.2) is 4.98 Å². The maximum absolute atomic E-state index is 12.2. The van der Waals surface area contributed by atoms with E-state index < -0.39 is 0 Å². The third kappa shape index (κ3) is 2.66. The molecule has 1 amide bonds. The van der Waals surface area contributed by atoms with E-state index in [4.69, 9.17) is 28.5 Å². The number of hydrogen-bond acceptors (Lipinski definition) is 4. The number of nitriles is 1. The van der Waals surface area contributed by atoms with Crippen LogP contribution in [0.1, 0.15) is 16.5 Å². The third-order valence-electron chi connectivity index (χ3n) is 3.24. The molecule has 110 valence electrons. The van der Waals surface area contributed by atoms with E-state index in [1.807, 2.05) is 6.07 Å². The molecule has 4 nitrogen and oxygen atoms in total. The zero-order valence-corrected chi connectivity index (χ0v) is 13.5. The number of carbonyl (C=O) groups excluding carboxylic acids is 1. The van der Waals surface area contributed by atoms with Crippen molar-refractivity contribution in [2.45, 2.75) is 5.37 Å². The van der Waals surface area contributed by atoms with Crippen LogP contribution < -0.4 is 4.90 Å². The summed E-state index contributed by atoms with van der Waals surface area (Å²) in [5.41, 5.74) is 1.14. The van der Waals surface area contributed by atoms with Gasteiger partial charge in [-0.05, 0) is 24.3 Å². The number of amides is 1. The number of nitrogens with zero attached hydrogens (tertiary/aromatic N) is 3. The number of hydrogen-bond donors (Lipinski definition) is 0. The molecule has 1 aromatic carbocycles. The number of rotatable bonds is 2. The van der Waals surface area contributed by atoms with Crippen molar-refractivity contribution >= 4 is 46.7 Å². The minimum absolute atomic E-state index is 0.0665. The first-order valence-corrected chi connectivity index (χ1v) is 8.16. The fraction of sp³-hybridized carbons (Fsp3) is 0.133. The second kappa shape index (κ2) is 6.17. The molecule has 1 atom stereocenters. The number of anilines is 1. The van der Waals surface area contributed by atoms with Crippen LogP contribution in [0.25, 0.3) is 0 Å². The summed E-state index contributed by atoms with van der Waals surface area (Å²) in [6.07, 6.45) is 1.44. The zero-order valence-electron chi connectivity index (χ0n) is 11.2. The highest BCUT2D eigenvalue weighted by molar-refractivity contribution is 8.00. The fourth-order valence-electron chi connectivity index (χ4n) is 2.23. The van der Waals surface area contributed by atoms with Crippen LogP contribution in [0.5, 0.6) is 0 Å². The van der Waals surface area contributed by atoms with E-state index >= 15 is 0 Å². The Balaban J connectivity index is 2.04. The van der Waals surface area contributed by atoms with Gasteiger partial charge < -0.3 is 0 Å². The lowest BCUT2D eigenvalue weighted by Gasteiger charge is -2.24. The highest BCUT2D eigenvalue weighted by Gasteiger charge is 2.37. The van der Waals surface area contributed by atoms with Crippen molar-refractivity contribution in [3.8, 4) is 6.07 Å². The summed E-state index contributed by atoms with van der Waals surface area (Å²) >= 11 is 14.0. The zero-order chi connectivity index (χ0) is 15.7. The molecule has 2 heterocycles. The minimum Gasteiger partial charge on any atom is -0.279 e. The Bertz CT molecular complexity index is 753. The molecule has 0 aliphatic carbocycles. The van der Waals surface area contributed by atoms with Crippen LogP contribution in [0.15, 0.2) is 36.5 Å². The van der Waals surface area contributed by atoms with Crippen LogP contribution >= 0.6 is 35.0 Å². The molecule has 1 aromatic heterocycles. The second-order valence-corrected chi connectivity index (χ2v) is 6.46. The van der Waals surface area contributed by atoms with E-state index in [0.717, 1.165) is 0 Å². The molecule has 22 heavy (non-hydrogen) atoms. The first-order valence-electron chi connectivity index (χ1n) is 6.35. The van der Waals surface area contributed by atoms with E-state index in [1.54, 1.807) is 35.2 Å². The molecule has 3 rings (SSSR count). The topological polar surface area (TPSA) is 57.0 Å². The van der Waals surface area contributed by atoms with Crippen LogP contribution in [-0.2, 0) is 4.79 Å². The summed E-state index contributed by atoms with van der Waals surface area (Å²) < 4.78 is 0. The van der Waals surface area contributed by atoms with Crippen molar-refractivity contribution in [3.05, 3.63) is 57.7 Å². The lowest BCUT2D eigenvalue weighted by atomic mass is 10.2. The van der Waals surface area contributed by atoms with Gasteiger partial charge in [0.1, 0.15) is 17.3 Å². The van der Waals surface area contributed by atoms with E-state index in [2.05, 4.69) is 4.98 Å². The second-order valence-electron chi connectivity index (χ2n) is 4.58. The van der Waals surface area contributed by atoms with E-state index in [-0.39, 0.29) is 11.3 Å².